The van der Waals surface area contributed by atoms with E-state index < -0.39 is 5.92 Å². The number of likely N-dealkylation sites (tertiary alicyclic amines) is 1. The van der Waals surface area contributed by atoms with Gasteiger partial charge in [-0.25, -0.2) is 13.6 Å². The average Bonchev–Trinajstić information content (AvgIpc) is 2.53. The van der Waals surface area contributed by atoms with Crippen LogP contribution < -0.4 is 5.32 Å². The second-order valence-corrected chi connectivity index (χ2v) is 6.26. The lowest BCUT2D eigenvalue weighted by molar-refractivity contribution is -0.128. The standard InChI is InChI=1S/C17H23F2N3O2/c1-21(2)15(23)8-5-13-3-6-14(7-4-13)20-16(24)22-11-9-17(18,19)10-12-22/h3-4,6-7H,5,8-12H2,1-2H3,(H,20,24). The smallest absolute Gasteiger partial charge is 0.321 e. The molecule has 1 fully saturated rings. The fourth-order valence-electron chi connectivity index (χ4n) is 2.47. The van der Waals surface area contributed by atoms with Crippen molar-refractivity contribution in [2.24, 2.45) is 0 Å². The Labute approximate surface area is 140 Å². The molecule has 1 aromatic carbocycles. The molecule has 0 aromatic heterocycles. The zero-order chi connectivity index (χ0) is 17.7. The number of carbonyl (C=O) groups excluding carboxylic acids is 2. The number of hydrogen-bond donors (Lipinski definition) is 1. The van der Waals surface area contributed by atoms with E-state index in [4.69, 9.17) is 0 Å². The fraction of sp³-hybridized carbons (Fsp3) is 0.529. The van der Waals surface area contributed by atoms with Crippen molar-refractivity contribution in [3.63, 3.8) is 0 Å². The second-order valence-electron chi connectivity index (χ2n) is 6.26. The van der Waals surface area contributed by atoms with Gasteiger partial charge in [-0.05, 0) is 24.1 Å². The van der Waals surface area contributed by atoms with Crippen LogP contribution in [0.2, 0.25) is 0 Å². The van der Waals surface area contributed by atoms with E-state index in [1.54, 1.807) is 31.1 Å². The van der Waals surface area contributed by atoms with Crippen LogP contribution in [0.25, 0.3) is 0 Å². The van der Waals surface area contributed by atoms with Gasteiger partial charge < -0.3 is 15.1 Å². The first-order valence-corrected chi connectivity index (χ1v) is 8.00. The third kappa shape index (κ3) is 5.18. The Hall–Kier alpha value is -2.18. The summed E-state index contributed by atoms with van der Waals surface area (Å²) in [5, 5.41) is 2.72. The Bertz CT molecular complexity index is 578. The maximum absolute atomic E-state index is 13.1. The maximum atomic E-state index is 13.1. The highest BCUT2D eigenvalue weighted by Crippen LogP contribution is 2.27. The molecule has 5 nitrogen and oxygen atoms in total. The summed E-state index contributed by atoms with van der Waals surface area (Å²) in [6, 6.07) is 6.85. The quantitative estimate of drug-likeness (QED) is 0.917. The van der Waals surface area contributed by atoms with Crippen molar-refractivity contribution in [2.45, 2.75) is 31.6 Å². The van der Waals surface area contributed by atoms with Crippen molar-refractivity contribution in [1.29, 1.82) is 0 Å². The number of alkyl halides is 2. The zero-order valence-corrected chi connectivity index (χ0v) is 14.0. The number of piperidine rings is 1. The molecule has 0 atom stereocenters. The molecule has 0 aliphatic carbocycles. The third-order valence-corrected chi connectivity index (χ3v) is 4.11. The number of rotatable bonds is 4. The molecule has 1 N–H and O–H groups in total. The zero-order valence-electron chi connectivity index (χ0n) is 14.0. The van der Waals surface area contributed by atoms with Crippen molar-refractivity contribution < 1.29 is 18.4 Å². The molecule has 2 rings (SSSR count). The van der Waals surface area contributed by atoms with Crippen molar-refractivity contribution in [1.82, 2.24) is 9.80 Å². The lowest BCUT2D eigenvalue weighted by atomic mass is 10.1. The van der Waals surface area contributed by atoms with Gasteiger partial charge in [0, 0.05) is 52.1 Å². The van der Waals surface area contributed by atoms with Crippen molar-refractivity contribution >= 4 is 17.6 Å². The first kappa shape index (κ1) is 18.2. The van der Waals surface area contributed by atoms with Crippen LogP contribution in [0.4, 0.5) is 19.3 Å². The molecule has 24 heavy (non-hydrogen) atoms. The second kappa shape index (κ2) is 7.59. The van der Waals surface area contributed by atoms with Gasteiger partial charge in [0.05, 0.1) is 0 Å². The summed E-state index contributed by atoms with van der Waals surface area (Å²) in [5.41, 5.74) is 1.61. The first-order valence-electron chi connectivity index (χ1n) is 8.00. The minimum Gasteiger partial charge on any atom is -0.349 e. The highest BCUT2D eigenvalue weighted by molar-refractivity contribution is 5.89. The number of benzene rings is 1. The van der Waals surface area contributed by atoms with Crippen molar-refractivity contribution in [3.05, 3.63) is 29.8 Å². The molecule has 0 bridgehead atoms. The number of nitrogens with zero attached hydrogens (tertiary/aromatic N) is 2. The molecule has 3 amide bonds. The van der Waals surface area contributed by atoms with E-state index >= 15 is 0 Å². The summed E-state index contributed by atoms with van der Waals surface area (Å²) in [7, 11) is 3.44. The third-order valence-electron chi connectivity index (χ3n) is 4.11. The van der Waals surface area contributed by atoms with Gasteiger partial charge in [-0.2, -0.15) is 0 Å². The first-order chi connectivity index (χ1) is 11.3. The van der Waals surface area contributed by atoms with Crippen molar-refractivity contribution in [3.8, 4) is 0 Å². The Kier molecular flexibility index (Phi) is 5.75. The van der Waals surface area contributed by atoms with Crippen LogP contribution in [-0.4, -0.2) is 54.8 Å². The maximum Gasteiger partial charge on any atom is 0.321 e. The van der Waals surface area contributed by atoms with E-state index in [1.807, 2.05) is 12.1 Å². The molecule has 1 aromatic rings. The molecule has 132 valence electrons. The number of urea groups is 1. The molecule has 7 heteroatoms. The van der Waals surface area contributed by atoms with Crippen LogP contribution in [0.3, 0.4) is 0 Å². The highest BCUT2D eigenvalue weighted by Gasteiger charge is 2.35. The molecule has 0 unspecified atom stereocenters. The summed E-state index contributed by atoms with van der Waals surface area (Å²) < 4.78 is 26.2. The van der Waals surface area contributed by atoms with E-state index in [9.17, 15) is 18.4 Å². The molecule has 1 aliphatic heterocycles. The van der Waals surface area contributed by atoms with Crippen LogP contribution in [0, 0.1) is 0 Å². The van der Waals surface area contributed by atoms with Gasteiger partial charge in [-0.15, -0.1) is 0 Å². The van der Waals surface area contributed by atoms with Gasteiger partial charge in [0.2, 0.25) is 5.91 Å². The minimum absolute atomic E-state index is 0.0591. The summed E-state index contributed by atoms with van der Waals surface area (Å²) in [4.78, 5) is 26.6. The average molecular weight is 339 g/mol. The van der Waals surface area contributed by atoms with Crippen LogP contribution >= 0.6 is 0 Å². The number of nitrogens with one attached hydrogen (secondary N) is 1. The van der Waals surface area contributed by atoms with E-state index in [0.29, 0.717) is 18.5 Å². The van der Waals surface area contributed by atoms with E-state index in [-0.39, 0.29) is 37.9 Å². The highest BCUT2D eigenvalue weighted by atomic mass is 19.3. The summed E-state index contributed by atoms with van der Waals surface area (Å²) in [5.74, 6) is -2.60. The number of halogens is 2. The monoisotopic (exact) mass is 339 g/mol. The van der Waals surface area contributed by atoms with Gasteiger partial charge in [0.1, 0.15) is 0 Å². The van der Waals surface area contributed by atoms with Crippen LogP contribution in [0.1, 0.15) is 24.8 Å². The van der Waals surface area contributed by atoms with Gasteiger partial charge in [-0.1, -0.05) is 12.1 Å². The molecule has 1 heterocycles. The van der Waals surface area contributed by atoms with Crippen LogP contribution in [-0.2, 0) is 11.2 Å². The Morgan fingerprint density at radius 3 is 2.29 bits per heavy atom. The van der Waals surface area contributed by atoms with Gasteiger partial charge in [0.15, 0.2) is 0 Å². The Morgan fingerprint density at radius 2 is 1.75 bits per heavy atom. The van der Waals surface area contributed by atoms with E-state index in [2.05, 4.69) is 5.32 Å². The molecular formula is C17H23F2N3O2. The molecule has 0 spiro atoms. The van der Waals surface area contributed by atoms with E-state index in [0.717, 1.165) is 5.56 Å². The number of anilines is 1. The predicted molar refractivity (Wildman–Crippen MR) is 88.2 cm³/mol. The molecular weight excluding hydrogens is 316 g/mol. The number of hydrogen-bond acceptors (Lipinski definition) is 2. The number of amides is 3. The lowest BCUT2D eigenvalue weighted by Gasteiger charge is -2.31. The molecule has 1 aliphatic rings. The number of carbonyl (C=O) groups is 2. The number of aryl methyl sites for hydroxylation is 1. The Morgan fingerprint density at radius 1 is 1.17 bits per heavy atom. The fourth-order valence-corrected chi connectivity index (χ4v) is 2.47. The van der Waals surface area contributed by atoms with Crippen molar-refractivity contribution in [2.75, 3.05) is 32.5 Å². The molecule has 0 saturated carbocycles. The largest absolute Gasteiger partial charge is 0.349 e. The molecule has 0 radical (unpaired) electrons. The molecule has 1 saturated heterocycles. The van der Waals surface area contributed by atoms with E-state index in [1.165, 1.54) is 4.90 Å². The van der Waals surface area contributed by atoms with Crippen LogP contribution in [0.5, 0.6) is 0 Å². The predicted octanol–water partition coefficient (Wildman–Crippen LogP) is 2.97. The Balaban J connectivity index is 1.83. The lowest BCUT2D eigenvalue weighted by Crippen LogP contribution is -2.44. The summed E-state index contributed by atoms with van der Waals surface area (Å²) in [6.45, 7) is 0.118. The van der Waals surface area contributed by atoms with Gasteiger partial charge >= 0.3 is 6.03 Å². The van der Waals surface area contributed by atoms with Gasteiger partial charge in [0.25, 0.3) is 5.92 Å². The topological polar surface area (TPSA) is 52.7 Å². The summed E-state index contributed by atoms with van der Waals surface area (Å²) >= 11 is 0. The SMILES string of the molecule is CN(C)C(=O)CCc1ccc(NC(=O)N2CCC(F)(F)CC2)cc1. The normalized spacial score (nSPS) is 16.6. The summed E-state index contributed by atoms with van der Waals surface area (Å²) in [6.07, 6.45) is 0.478. The minimum atomic E-state index is -2.66. The van der Waals surface area contributed by atoms with Gasteiger partial charge in [-0.3, -0.25) is 4.79 Å². The van der Waals surface area contributed by atoms with Crippen LogP contribution in [0.15, 0.2) is 24.3 Å².